The Labute approximate surface area is 165 Å². The molecule has 0 aliphatic heterocycles. The van der Waals surface area contributed by atoms with Gasteiger partial charge in [0.15, 0.2) is 5.69 Å². The van der Waals surface area contributed by atoms with Gasteiger partial charge in [-0.15, -0.1) is 0 Å². The molecule has 1 heterocycles. The van der Waals surface area contributed by atoms with Crippen molar-refractivity contribution in [2.75, 3.05) is 5.32 Å². The summed E-state index contributed by atoms with van der Waals surface area (Å²) < 4.78 is 5.36. The van der Waals surface area contributed by atoms with E-state index in [1.165, 1.54) is 30.7 Å². The zero-order chi connectivity index (χ0) is 20.8. The van der Waals surface area contributed by atoms with E-state index in [2.05, 4.69) is 15.3 Å². The fourth-order valence-electron chi connectivity index (χ4n) is 2.57. The van der Waals surface area contributed by atoms with Gasteiger partial charge in [0.2, 0.25) is 6.10 Å². The van der Waals surface area contributed by atoms with E-state index in [0.29, 0.717) is 11.1 Å². The van der Waals surface area contributed by atoms with Crippen LogP contribution in [-0.2, 0) is 9.53 Å². The normalized spacial score (nSPS) is 11.3. The first-order valence-corrected chi connectivity index (χ1v) is 8.53. The number of anilines is 1. The molecule has 146 valence electrons. The summed E-state index contributed by atoms with van der Waals surface area (Å²) >= 11 is 0. The Bertz CT molecular complexity index is 1040. The SMILES string of the molecule is Cc1ccc(NC(=O)C(OC(=O)c2cnccn2)c2ccccc2)c([N+](=O)[O-])c1. The van der Waals surface area contributed by atoms with Crippen LogP contribution in [0, 0.1) is 17.0 Å². The number of nitrogens with one attached hydrogen (secondary N) is 1. The fraction of sp³-hybridized carbons (Fsp3) is 0.100. The summed E-state index contributed by atoms with van der Waals surface area (Å²) in [7, 11) is 0. The van der Waals surface area contributed by atoms with E-state index < -0.39 is 22.9 Å². The molecule has 9 nitrogen and oxygen atoms in total. The Balaban J connectivity index is 1.90. The quantitative estimate of drug-likeness (QED) is 0.388. The maximum absolute atomic E-state index is 12.9. The molecule has 0 fully saturated rings. The van der Waals surface area contributed by atoms with Crippen LogP contribution in [0.5, 0.6) is 0 Å². The van der Waals surface area contributed by atoms with Crippen molar-refractivity contribution < 1.29 is 19.2 Å². The van der Waals surface area contributed by atoms with Crippen molar-refractivity contribution in [2.45, 2.75) is 13.0 Å². The first-order valence-electron chi connectivity index (χ1n) is 8.53. The summed E-state index contributed by atoms with van der Waals surface area (Å²) in [4.78, 5) is 43.7. The average molecular weight is 392 g/mol. The molecule has 1 aromatic heterocycles. The van der Waals surface area contributed by atoms with Gasteiger partial charge in [0.1, 0.15) is 5.69 Å². The minimum Gasteiger partial charge on any atom is -0.443 e. The van der Waals surface area contributed by atoms with Crippen LogP contribution in [0.15, 0.2) is 67.1 Å². The topological polar surface area (TPSA) is 124 Å². The van der Waals surface area contributed by atoms with Crippen LogP contribution < -0.4 is 5.32 Å². The molecule has 1 amide bonds. The number of carbonyl (C=O) groups is 2. The molecule has 29 heavy (non-hydrogen) atoms. The van der Waals surface area contributed by atoms with Crippen LogP contribution >= 0.6 is 0 Å². The second-order valence-corrected chi connectivity index (χ2v) is 6.05. The van der Waals surface area contributed by atoms with Gasteiger partial charge in [-0.3, -0.25) is 19.9 Å². The first-order chi connectivity index (χ1) is 14.0. The molecule has 0 aliphatic rings. The molecule has 0 spiro atoms. The summed E-state index contributed by atoms with van der Waals surface area (Å²) in [6.07, 6.45) is 2.60. The second kappa shape index (κ2) is 8.70. The molecule has 2 aromatic carbocycles. The number of hydrogen-bond acceptors (Lipinski definition) is 7. The van der Waals surface area contributed by atoms with Gasteiger partial charge >= 0.3 is 5.97 Å². The largest absolute Gasteiger partial charge is 0.443 e. The van der Waals surface area contributed by atoms with Crippen molar-refractivity contribution in [1.29, 1.82) is 0 Å². The van der Waals surface area contributed by atoms with Crippen LogP contribution in [0.3, 0.4) is 0 Å². The molecule has 0 saturated carbocycles. The summed E-state index contributed by atoms with van der Waals surface area (Å²) in [5, 5.41) is 13.8. The smallest absolute Gasteiger partial charge is 0.359 e. The molecular weight excluding hydrogens is 376 g/mol. The number of hydrogen-bond donors (Lipinski definition) is 1. The van der Waals surface area contributed by atoms with Gasteiger partial charge in [-0.2, -0.15) is 0 Å². The number of aryl methyl sites for hydroxylation is 1. The van der Waals surface area contributed by atoms with Crippen molar-refractivity contribution in [2.24, 2.45) is 0 Å². The molecule has 9 heteroatoms. The minimum absolute atomic E-state index is 0.00193. The molecule has 0 bridgehead atoms. The molecule has 0 saturated heterocycles. The number of amides is 1. The van der Waals surface area contributed by atoms with E-state index in [0.717, 1.165) is 0 Å². The summed E-state index contributed by atoms with van der Waals surface area (Å²) in [6.45, 7) is 1.70. The van der Waals surface area contributed by atoms with Gasteiger partial charge in [-0.05, 0) is 18.6 Å². The maximum Gasteiger partial charge on any atom is 0.359 e. The Morgan fingerprint density at radius 2 is 1.90 bits per heavy atom. The van der Waals surface area contributed by atoms with E-state index >= 15 is 0 Å². The van der Waals surface area contributed by atoms with E-state index in [1.807, 2.05) is 0 Å². The number of esters is 1. The standard InChI is InChI=1S/C20H16N4O5/c1-13-7-8-15(17(11-13)24(27)28)23-19(25)18(14-5-3-2-4-6-14)29-20(26)16-12-21-9-10-22-16/h2-12,18H,1H3,(H,23,25). The Kier molecular flexibility index (Phi) is 5.88. The number of aromatic nitrogens is 2. The number of rotatable bonds is 6. The number of ether oxygens (including phenoxy) is 1. The summed E-state index contributed by atoms with van der Waals surface area (Å²) in [6, 6.07) is 12.7. The monoisotopic (exact) mass is 392 g/mol. The van der Waals surface area contributed by atoms with E-state index in [1.54, 1.807) is 43.3 Å². The number of nitrogens with zero attached hydrogens (tertiary/aromatic N) is 3. The first kappa shape index (κ1) is 19.6. The van der Waals surface area contributed by atoms with Gasteiger partial charge in [0, 0.05) is 24.0 Å². The van der Waals surface area contributed by atoms with Crippen molar-refractivity contribution in [1.82, 2.24) is 9.97 Å². The van der Waals surface area contributed by atoms with Crippen LogP contribution in [0.2, 0.25) is 0 Å². The zero-order valence-electron chi connectivity index (χ0n) is 15.3. The molecule has 1 unspecified atom stereocenters. The highest BCUT2D eigenvalue weighted by Crippen LogP contribution is 2.28. The third-order valence-electron chi connectivity index (χ3n) is 3.95. The van der Waals surface area contributed by atoms with E-state index in [4.69, 9.17) is 4.74 Å². The van der Waals surface area contributed by atoms with Crippen LogP contribution in [-0.4, -0.2) is 26.8 Å². The highest BCUT2D eigenvalue weighted by Gasteiger charge is 2.28. The molecule has 1 atom stereocenters. The lowest BCUT2D eigenvalue weighted by molar-refractivity contribution is -0.384. The highest BCUT2D eigenvalue weighted by atomic mass is 16.6. The number of nitro groups is 1. The van der Waals surface area contributed by atoms with Crippen LogP contribution in [0.25, 0.3) is 0 Å². The second-order valence-electron chi connectivity index (χ2n) is 6.05. The number of nitro benzene ring substituents is 1. The third-order valence-corrected chi connectivity index (χ3v) is 3.95. The van der Waals surface area contributed by atoms with Gasteiger partial charge in [0.25, 0.3) is 11.6 Å². The predicted molar refractivity (Wildman–Crippen MR) is 103 cm³/mol. The van der Waals surface area contributed by atoms with Gasteiger partial charge in [0.05, 0.1) is 11.1 Å². The minimum atomic E-state index is -1.34. The molecule has 3 rings (SSSR count). The summed E-state index contributed by atoms with van der Waals surface area (Å²) in [5.74, 6) is -1.58. The van der Waals surface area contributed by atoms with Crippen LogP contribution in [0.1, 0.15) is 27.7 Å². The van der Waals surface area contributed by atoms with E-state index in [9.17, 15) is 19.7 Å². The third kappa shape index (κ3) is 4.78. The van der Waals surface area contributed by atoms with Gasteiger partial charge < -0.3 is 10.1 Å². The van der Waals surface area contributed by atoms with Crippen LogP contribution in [0.4, 0.5) is 11.4 Å². The molecule has 0 radical (unpaired) electrons. The Hall–Kier alpha value is -4.14. The zero-order valence-corrected chi connectivity index (χ0v) is 15.3. The predicted octanol–water partition coefficient (Wildman–Crippen LogP) is 3.23. The number of carbonyl (C=O) groups excluding carboxylic acids is 2. The van der Waals surface area contributed by atoms with Crippen molar-refractivity contribution >= 4 is 23.3 Å². The molecular formula is C20H16N4O5. The lowest BCUT2D eigenvalue weighted by atomic mass is 10.1. The van der Waals surface area contributed by atoms with Crippen molar-refractivity contribution in [3.63, 3.8) is 0 Å². The Morgan fingerprint density at radius 1 is 1.14 bits per heavy atom. The average Bonchev–Trinajstić information content (AvgIpc) is 2.74. The fourth-order valence-corrected chi connectivity index (χ4v) is 2.57. The lowest BCUT2D eigenvalue weighted by Gasteiger charge is -2.18. The lowest BCUT2D eigenvalue weighted by Crippen LogP contribution is -2.26. The van der Waals surface area contributed by atoms with Gasteiger partial charge in [-0.25, -0.2) is 9.78 Å². The maximum atomic E-state index is 12.9. The van der Waals surface area contributed by atoms with E-state index in [-0.39, 0.29) is 17.1 Å². The highest BCUT2D eigenvalue weighted by molar-refractivity contribution is 5.99. The van der Waals surface area contributed by atoms with Gasteiger partial charge in [-0.1, -0.05) is 36.4 Å². The molecule has 0 aliphatic carbocycles. The number of benzene rings is 2. The molecule has 3 aromatic rings. The Morgan fingerprint density at radius 3 is 2.55 bits per heavy atom. The molecule has 1 N–H and O–H groups in total. The summed E-state index contributed by atoms with van der Waals surface area (Å²) in [5.41, 5.74) is 0.746. The van der Waals surface area contributed by atoms with Crippen molar-refractivity contribution in [3.8, 4) is 0 Å². The van der Waals surface area contributed by atoms with Crippen molar-refractivity contribution in [3.05, 3.63) is 94.1 Å².